The monoisotopic (exact) mass is 141 g/mol. The molecule has 1 unspecified atom stereocenters. The Hall–Kier alpha value is -0.0800. The first-order chi connectivity index (χ1) is 4.93. The van der Waals surface area contributed by atoms with Gasteiger partial charge in [-0.3, -0.25) is 0 Å². The first-order valence-corrected chi connectivity index (χ1v) is 4.22. The first-order valence-electron chi connectivity index (χ1n) is 4.22. The van der Waals surface area contributed by atoms with Crippen molar-refractivity contribution in [3.63, 3.8) is 0 Å². The Balaban J connectivity index is 1.69. The number of nitrogens with one attached hydrogen (secondary N) is 1. The Morgan fingerprint density at radius 2 is 2.10 bits per heavy atom. The average Bonchev–Trinajstić information content (AvgIpc) is 2.46. The molecule has 1 N–H and O–H groups in total. The van der Waals surface area contributed by atoms with E-state index in [0.717, 1.165) is 31.0 Å². The molecule has 2 aliphatic rings. The summed E-state index contributed by atoms with van der Waals surface area (Å²) in [7, 11) is 0. The van der Waals surface area contributed by atoms with Crippen molar-refractivity contribution in [1.29, 1.82) is 0 Å². The summed E-state index contributed by atoms with van der Waals surface area (Å²) < 4.78 is 5.37. The summed E-state index contributed by atoms with van der Waals surface area (Å²) in [5, 5.41) is 3.37. The van der Waals surface area contributed by atoms with E-state index in [4.69, 9.17) is 4.74 Å². The molecule has 0 aromatic rings. The minimum Gasteiger partial charge on any atom is -0.381 e. The largest absolute Gasteiger partial charge is 0.381 e. The Labute approximate surface area is 61.9 Å². The molecule has 1 aliphatic heterocycles. The van der Waals surface area contributed by atoms with Crippen LogP contribution in [0.5, 0.6) is 0 Å². The van der Waals surface area contributed by atoms with Gasteiger partial charge in [0.2, 0.25) is 0 Å². The zero-order chi connectivity index (χ0) is 6.97. The van der Waals surface area contributed by atoms with Crippen LogP contribution in [0.25, 0.3) is 0 Å². The molecule has 1 saturated carbocycles. The molecule has 2 heteroatoms. The highest BCUT2D eigenvalue weighted by Crippen LogP contribution is 2.48. The van der Waals surface area contributed by atoms with Crippen LogP contribution in [0, 0.1) is 17.8 Å². The van der Waals surface area contributed by atoms with E-state index in [0.29, 0.717) is 0 Å². The minimum atomic E-state index is 0.878. The molecule has 3 atom stereocenters. The van der Waals surface area contributed by atoms with Gasteiger partial charge in [0.15, 0.2) is 0 Å². The van der Waals surface area contributed by atoms with Gasteiger partial charge in [0.1, 0.15) is 0 Å². The van der Waals surface area contributed by atoms with Crippen molar-refractivity contribution < 1.29 is 4.74 Å². The lowest BCUT2D eigenvalue weighted by Gasteiger charge is -2.02. The van der Waals surface area contributed by atoms with Crippen molar-refractivity contribution in [3.8, 4) is 0 Å². The Morgan fingerprint density at radius 1 is 1.40 bits per heavy atom. The fourth-order valence-corrected chi connectivity index (χ4v) is 2.05. The van der Waals surface area contributed by atoms with Gasteiger partial charge in [-0.05, 0) is 37.8 Å². The predicted octanol–water partition coefficient (Wildman–Crippen LogP) is 0.488. The average molecular weight is 141 g/mol. The van der Waals surface area contributed by atoms with Crippen LogP contribution >= 0.6 is 0 Å². The van der Waals surface area contributed by atoms with Crippen molar-refractivity contribution >= 4 is 0 Å². The Kier molecular flexibility index (Phi) is 1.66. The van der Waals surface area contributed by atoms with Gasteiger partial charge in [0.05, 0.1) is 6.61 Å². The molecule has 1 aliphatic carbocycles. The van der Waals surface area contributed by atoms with Gasteiger partial charge in [-0.25, -0.2) is 0 Å². The summed E-state index contributed by atoms with van der Waals surface area (Å²) in [5.74, 6) is 2.83. The van der Waals surface area contributed by atoms with Gasteiger partial charge < -0.3 is 10.1 Å². The summed E-state index contributed by atoms with van der Waals surface area (Å²) in [6.45, 7) is 6.43. The maximum atomic E-state index is 5.37. The fraction of sp³-hybridized carbons (Fsp3) is 1.00. The zero-order valence-corrected chi connectivity index (χ0v) is 6.47. The van der Waals surface area contributed by atoms with Crippen LogP contribution in [0.4, 0.5) is 0 Å². The van der Waals surface area contributed by atoms with E-state index < -0.39 is 0 Å². The van der Waals surface area contributed by atoms with Crippen LogP contribution in [-0.4, -0.2) is 26.3 Å². The molecule has 0 amide bonds. The molecule has 2 rings (SSSR count). The second-order valence-corrected chi connectivity index (χ2v) is 3.31. The SMILES string of the molecule is CCOCC1[C@H]2CNC[C@@H]12. The molecule has 1 heterocycles. The normalized spacial score (nSPS) is 43.5. The molecule has 0 aromatic carbocycles. The molecule has 58 valence electrons. The van der Waals surface area contributed by atoms with E-state index in [2.05, 4.69) is 12.2 Å². The van der Waals surface area contributed by atoms with E-state index >= 15 is 0 Å². The van der Waals surface area contributed by atoms with Crippen LogP contribution in [0.15, 0.2) is 0 Å². The van der Waals surface area contributed by atoms with Crippen LogP contribution in [0.1, 0.15) is 6.92 Å². The predicted molar refractivity (Wildman–Crippen MR) is 39.8 cm³/mol. The van der Waals surface area contributed by atoms with E-state index in [1.54, 1.807) is 0 Å². The molecular weight excluding hydrogens is 126 g/mol. The number of rotatable bonds is 3. The van der Waals surface area contributed by atoms with Gasteiger partial charge in [-0.1, -0.05) is 0 Å². The van der Waals surface area contributed by atoms with Crippen LogP contribution in [0.2, 0.25) is 0 Å². The van der Waals surface area contributed by atoms with E-state index in [9.17, 15) is 0 Å². The van der Waals surface area contributed by atoms with Gasteiger partial charge in [0.25, 0.3) is 0 Å². The van der Waals surface area contributed by atoms with Crippen molar-refractivity contribution in [2.24, 2.45) is 17.8 Å². The first kappa shape index (κ1) is 6.62. The van der Waals surface area contributed by atoms with Gasteiger partial charge in [0, 0.05) is 6.61 Å². The molecule has 10 heavy (non-hydrogen) atoms. The number of hydrogen-bond donors (Lipinski definition) is 1. The maximum absolute atomic E-state index is 5.37. The fourth-order valence-electron chi connectivity index (χ4n) is 2.05. The number of fused-ring (bicyclic) bond motifs is 1. The van der Waals surface area contributed by atoms with Crippen molar-refractivity contribution in [2.45, 2.75) is 6.92 Å². The third kappa shape index (κ3) is 0.956. The van der Waals surface area contributed by atoms with Gasteiger partial charge in [-0.2, -0.15) is 0 Å². The lowest BCUT2D eigenvalue weighted by atomic mass is 10.3. The van der Waals surface area contributed by atoms with E-state index in [1.165, 1.54) is 13.1 Å². The summed E-state index contributed by atoms with van der Waals surface area (Å²) in [6, 6.07) is 0. The Bertz CT molecular complexity index is 116. The number of piperidine rings is 1. The molecule has 0 radical (unpaired) electrons. The molecule has 1 saturated heterocycles. The molecular formula is C8H15NO. The number of hydrogen-bond acceptors (Lipinski definition) is 2. The quantitative estimate of drug-likeness (QED) is 0.617. The van der Waals surface area contributed by atoms with Crippen LogP contribution in [-0.2, 0) is 4.74 Å². The highest BCUT2D eigenvalue weighted by Gasteiger charge is 2.52. The zero-order valence-electron chi connectivity index (χ0n) is 6.47. The summed E-state index contributed by atoms with van der Waals surface area (Å²) >= 11 is 0. The second-order valence-electron chi connectivity index (χ2n) is 3.31. The summed E-state index contributed by atoms with van der Waals surface area (Å²) in [5.41, 5.74) is 0. The van der Waals surface area contributed by atoms with Gasteiger partial charge in [-0.15, -0.1) is 0 Å². The van der Waals surface area contributed by atoms with Crippen LogP contribution in [0.3, 0.4) is 0 Å². The van der Waals surface area contributed by atoms with E-state index in [1.807, 2.05) is 0 Å². The minimum absolute atomic E-state index is 0.878. The number of ether oxygens (including phenoxy) is 1. The smallest absolute Gasteiger partial charge is 0.0500 e. The van der Waals surface area contributed by atoms with Crippen molar-refractivity contribution in [1.82, 2.24) is 5.32 Å². The molecule has 0 spiro atoms. The van der Waals surface area contributed by atoms with Crippen LogP contribution < -0.4 is 5.32 Å². The third-order valence-electron chi connectivity index (χ3n) is 2.78. The van der Waals surface area contributed by atoms with Crippen molar-refractivity contribution in [2.75, 3.05) is 26.3 Å². The summed E-state index contributed by atoms with van der Waals surface area (Å²) in [4.78, 5) is 0. The molecule has 0 aromatic heterocycles. The molecule has 2 fully saturated rings. The topological polar surface area (TPSA) is 21.3 Å². The lowest BCUT2D eigenvalue weighted by molar-refractivity contribution is 0.128. The Morgan fingerprint density at radius 3 is 2.70 bits per heavy atom. The molecule has 2 nitrogen and oxygen atoms in total. The van der Waals surface area contributed by atoms with Crippen molar-refractivity contribution in [3.05, 3.63) is 0 Å². The maximum Gasteiger partial charge on any atom is 0.0500 e. The molecule has 0 bridgehead atoms. The van der Waals surface area contributed by atoms with Gasteiger partial charge >= 0.3 is 0 Å². The van der Waals surface area contributed by atoms with E-state index in [-0.39, 0.29) is 0 Å². The third-order valence-corrected chi connectivity index (χ3v) is 2.78. The second kappa shape index (κ2) is 2.51. The highest BCUT2D eigenvalue weighted by molar-refractivity contribution is 5.03. The standard InChI is InChI=1S/C8H15NO/c1-2-10-5-8-6-3-9-4-7(6)8/h6-9H,2-5H2,1H3/t6-,7+,8?. The lowest BCUT2D eigenvalue weighted by Crippen LogP contribution is -2.16. The highest BCUT2D eigenvalue weighted by atomic mass is 16.5. The summed E-state index contributed by atoms with van der Waals surface area (Å²) in [6.07, 6.45) is 0.